The molecule has 1 aromatic carbocycles. The third-order valence-corrected chi connectivity index (χ3v) is 5.04. The topological polar surface area (TPSA) is 94.9 Å². The number of amides is 1. The van der Waals surface area contributed by atoms with E-state index in [-0.39, 0.29) is 9.88 Å². The molecule has 0 aliphatic carbocycles. The molecule has 0 saturated carbocycles. The average molecular weight is 379 g/mol. The molecule has 1 heterocycles. The van der Waals surface area contributed by atoms with E-state index in [2.05, 4.69) is 0 Å². The van der Waals surface area contributed by atoms with Gasteiger partial charge in [0.15, 0.2) is 0 Å². The summed E-state index contributed by atoms with van der Waals surface area (Å²) in [4.78, 5) is 36.5. The minimum Gasteiger partial charge on any atom is -0.480 e. The number of hydrogen-bond acceptors (Lipinski definition) is 5. The van der Waals surface area contributed by atoms with Crippen LogP contribution in [0.15, 0.2) is 29.2 Å². The van der Waals surface area contributed by atoms with Crippen LogP contribution >= 0.6 is 24.0 Å². The van der Waals surface area contributed by atoms with E-state index in [1.165, 1.54) is 12.1 Å². The Hall–Kier alpha value is -2.19. The molecule has 1 saturated heterocycles. The Kier molecular flexibility index (Phi) is 6.33. The number of benzene rings is 1. The molecule has 0 bridgehead atoms. The van der Waals surface area contributed by atoms with E-state index in [0.717, 1.165) is 23.1 Å². The van der Waals surface area contributed by atoms with Crippen LogP contribution in [0.3, 0.4) is 0 Å². The standard InChI is InChI=1S/C17H17NO5S2/c1-2-3-4-12(16(22)23)18-14(19)13(25-17(18)24)9-10-5-7-11(8-6-10)15(20)21/h5-9,12H,2-4H2,1H3,(H,20,21)(H,22,23)/b13-9-/t12-/m1/s1. The van der Waals surface area contributed by atoms with Crippen LogP contribution < -0.4 is 0 Å². The van der Waals surface area contributed by atoms with Crippen molar-refractivity contribution < 1.29 is 24.6 Å². The molecule has 6 nitrogen and oxygen atoms in total. The fourth-order valence-corrected chi connectivity index (χ4v) is 3.74. The molecule has 0 aromatic heterocycles. The molecule has 1 fully saturated rings. The van der Waals surface area contributed by atoms with Crippen molar-refractivity contribution in [2.45, 2.75) is 32.2 Å². The van der Waals surface area contributed by atoms with Crippen molar-refractivity contribution in [1.82, 2.24) is 4.90 Å². The van der Waals surface area contributed by atoms with Crippen molar-refractivity contribution in [3.63, 3.8) is 0 Å². The first kappa shape index (κ1) is 19.1. The van der Waals surface area contributed by atoms with Crippen LogP contribution in [0.1, 0.15) is 42.1 Å². The molecule has 0 unspecified atom stereocenters. The normalized spacial score (nSPS) is 17.2. The van der Waals surface area contributed by atoms with Crippen molar-refractivity contribution in [2.24, 2.45) is 0 Å². The van der Waals surface area contributed by atoms with Crippen LogP contribution in [-0.2, 0) is 9.59 Å². The van der Waals surface area contributed by atoms with E-state index in [1.54, 1.807) is 18.2 Å². The van der Waals surface area contributed by atoms with E-state index < -0.39 is 23.9 Å². The second-order valence-corrected chi connectivity index (χ2v) is 7.15. The van der Waals surface area contributed by atoms with Gasteiger partial charge in [-0.2, -0.15) is 0 Å². The maximum atomic E-state index is 12.6. The molecule has 1 amide bonds. The van der Waals surface area contributed by atoms with E-state index in [0.29, 0.717) is 23.3 Å². The summed E-state index contributed by atoms with van der Waals surface area (Å²) in [6, 6.07) is 5.09. The lowest BCUT2D eigenvalue weighted by atomic mass is 10.1. The number of aliphatic carboxylic acids is 1. The van der Waals surface area contributed by atoms with Gasteiger partial charge in [-0.05, 0) is 30.2 Å². The second kappa shape index (κ2) is 8.26. The minimum absolute atomic E-state index is 0.148. The smallest absolute Gasteiger partial charge is 0.335 e. The summed E-state index contributed by atoms with van der Waals surface area (Å²) in [7, 11) is 0. The molecule has 0 radical (unpaired) electrons. The third-order valence-electron chi connectivity index (χ3n) is 3.71. The lowest BCUT2D eigenvalue weighted by molar-refractivity contribution is -0.145. The van der Waals surface area contributed by atoms with Gasteiger partial charge in [0, 0.05) is 0 Å². The van der Waals surface area contributed by atoms with Crippen LogP contribution in [0.4, 0.5) is 0 Å². The van der Waals surface area contributed by atoms with Gasteiger partial charge in [0.05, 0.1) is 10.5 Å². The van der Waals surface area contributed by atoms with E-state index >= 15 is 0 Å². The Balaban J connectivity index is 2.24. The summed E-state index contributed by atoms with van der Waals surface area (Å²) in [6.45, 7) is 1.95. The van der Waals surface area contributed by atoms with Crippen LogP contribution in [0.25, 0.3) is 6.08 Å². The highest BCUT2D eigenvalue weighted by atomic mass is 32.2. The number of carbonyl (C=O) groups excluding carboxylic acids is 1. The zero-order valence-electron chi connectivity index (χ0n) is 13.5. The highest BCUT2D eigenvalue weighted by molar-refractivity contribution is 8.26. The SMILES string of the molecule is CCCC[C@H](C(=O)O)N1C(=O)/C(=C/c2ccc(C(=O)O)cc2)SC1=S. The number of carboxylic acid groups (broad SMARTS) is 2. The molecule has 1 aliphatic heterocycles. The summed E-state index contributed by atoms with van der Waals surface area (Å²) in [6.07, 6.45) is 3.44. The second-order valence-electron chi connectivity index (χ2n) is 5.48. The average Bonchev–Trinajstić information content (AvgIpc) is 2.83. The largest absolute Gasteiger partial charge is 0.480 e. The minimum atomic E-state index is -1.07. The van der Waals surface area contributed by atoms with Gasteiger partial charge in [-0.15, -0.1) is 0 Å². The number of unbranched alkanes of at least 4 members (excludes halogenated alkanes) is 1. The van der Waals surface area contributed by atoms with Gasteiger partial charge in [0.1, 0.15) is 10.4 Å². The molecule has 0 spiro atoms. The number of thiocarbonyl (C=S) groups is 1. The van der Waals surface area contributed by atoms with Crippen molar-refractivity contribution in [3.8, 4) is 0 Å². The van der Waals surface area contributed by atoms with Crippen LogP contribution in [-0.4, -0.2) is 43.3 Å². The molecule has 2 rings (SSSR count). The summed E-state index contributed by atoms with van der Waals surface area (Å²) in [5, 5.41) is 18.3. The number of nitrogens with zero attached hydrogens (tertiary/aromatic N) is 1. The lowest BCUT2D eigenvalue weighted by Gasteiger charge is -2.22. The maximum absolute atomic E-state index is 12.6. The number of rotatable bonds is 7. The predicted octanol–water partition coefficient (Wildman–Crippen LogP) is 3.23. The monoisotopic (exact) mass is 379 g/mol. The molecule has 1 aliphatic rings. The van der Waals surface area contributed by atoms with Crippen molar-refractivity contribution in [3.05, 3.63) is 40.3 Å². The van der Waals surface area contributed by atoms with Crippen LogP contribution in [0.2, 0.25) is 0 Å². The molecule has 1 atom stereocenters. The summed E-state index contributed by atoms with van der Waals surface area (Å²) >= 11 is 6.25. The molecule has 25 heavy (non-hydrogen) atoms. The van der Waals surface area contributed by atoms with Gasteiger partial charge in [-0.25, -0.2) is 9.59 Å². The van der Waals surface area contributed by atoms with Crippen LogP contribution in [0, 0.1) is 0 Å². The maximum Gasteiger partial charge on any atom is 0.335 e. The molecular weight excluding hydrogens is 362 g/mol. The first-order valence-corrected chi connectivity index (χ1v) is 8.90. The van der Waals surface area contributed by atoms with E-state index in [1.807, 2.05) is 6.92 Å². The number of carboxylic acids is 2. The number of aromatic carboxylic acids is 1. The molecule has 8 heteroatoms. The van der Waals surface area contributed by atoms with Gasteiger partial charge < -0.3 is 10.2 Å². The molecular formula is C17H17NO5S2. The summed E-state index contributed by atoms with van der Waals surface area (Å²) < 4.78 is 0.224. The Bertz CT molecular complexity index is 742. The van der Waals surface area contributed by atoms with Crippen molar-refractivity contribution in [2.75, 3.05) is 0 Å². The van der Waals surface area contributed by atoms with Gasteiger partial charge in [0.2, 0.25) is 0 Å². The van der Waals surface area contributed by atoms with Crippen LogP contribution in [0.5, 0.6) is 0 Å². The van der Waals surface area contributed by atoms with Gasteiger partial charge >= 0.3 is 11.9 Å². The number of carbonyl (C=O) groups is 3. The summed E-state index contributed by atoms with van der Waals surface area (Å²) in [5.74, 6) is -2.53. The Morgan fingerprint density at radius 1 is 1.28 bits per heavy atom. The highest BCUT2D eigenvalue weighted by Crippen LogP contribution is 2.35. The van der Waals surface area contributed by atoms with Crippen molar-refractivity contribution in [1.29, 1.82) is 0 Å². The van der Waals surface area contributed by atoms with Gasteiger partial charge in [0.25, 0.3) is 5.91 Å². The third kappa shape index (κ3) is 4.46. The zero-order chi connectivity index (χ0) is 18.6. The van der Waals surface area contributed by atoms with Crippen molar-refractivity contribution >= 4 is 52.2 Å². The first-order valence-electron chi connectivity index (χ1n) is 7.68. The molecule has 1 aromatic rings. The predicted molar refractivity (Wildman–Crippen MR) is 99.4 cm³/mol. The lowest BCUT2D eigenvalue weighted by Crippen LogP contribution is -2.43. The number of hydrogen-bond donors (Lipinski definition) is 2. The zero-order valence-corrected chi connectivity index (χ0v) is 15.1. The fraction of sp³-hybridized carbons (Fsp3) is 0.294. The molecule has 132 valence electrons. The molecule has 2 N–H and O–H groups in total. The van der Waals surface area contributed by atoms with E-state index in [4.69, 9.17) is 17.3 Å². The van der Waals surface area contributed by atoms with Gasteiger partial charge in [-0.3, -0.25) is 9.69 Å². The first-order chi connectivity index (χ1) is 11.8. The summed E-state index contributed by atoms with van der Waals surface area (Å²) in [5.41, 5.74) is 0.793. The van der Waals surface area contributed by atoms with Gasteiger partial charge in [-0.1, -0.05) is 55.9 Å². The van der Waals surface area contributed by atoms with E-state index in [9.17, 15) is 19.5 Å². The number of thioether (sulfide) groups is 1. The fourth-order valence-electron chi connectivity index (χ4n) is 2.38. The Labute approximate surface area is 154 Å². The Morgan fingerprint density at radius 2 is 1.92 bits per heavy atom. The Morgan fingerprint density at radius 3 is 2.44 bits per heavy atom. The quantitative estimate of drug-likeness (QED) is 0.555. The highest BCUT2D eigenvalue weighted by Gasteiger charge is 2.40.